The molecule has 0 unspecified atom stereocenters. The van der Waals surface area contributed by atoms with Crippen LogP contribution < -0.4 is 15.7 Å². The van der Waals surface area contributed by atoms with E-state index in [2.05, 4.69) is 47.5 Å². The van der Waals surface area contributed by atoms with Crippen molar-refractivity contribution in [2.75, 3.05) is 12.5 Å². The SMILES string of the molecule is COc1c(Br)cc(Br)cc1/C=N\Nc1cnn(C)c(=O)c1Cl. The molecule has 1 aromatic carbocycles. The number of aromatic nitrogens is 2. The highest BCUT2D eigenvalue weighted by Gasteiger charge is 2.08. The molecule has 1 aromatic heterocycles. The van der Waals surface area contributed by atoms with Gasteiger partial charge in [-0.05, 0) is 28.1 Å². The number of anilines is 1. The highest BCUT2D eigenvalue weighted by atomic mass is 79.9. The molecule has 0 radical (unpaired) electrons. The van der Waals surface area contributed by atoms with Crippen LogP contribution in [0.4, 0.5) is 5.69 Å². The minimum absolute atomic E-state index is 0.0250. The minimum atomic E-state index is -0.398. The Kier molecular flexibility index (Phi) is 5.60. The smallest absolute Gasteiger partial charge is 0.287 e. The van der Waals surface area contributed by atoms with Crippen LogP contribution >= 0.6 is 43.5 Å². The van der Waals surface area contributed by atoms with Crippen molar-refractivity contribution < 1.29 is 4.74 Å². The van der Waals surface area contributed by atoms with E-state index >= 15 is 0 Å². The zero-order chi connectivity index (χ0) is 16.3. The molecule has 2 aromatic rings. The highest BCUT2D eigenvalue weighted by molar-refractivity contribution is 9.11. The van der Waals surface area contributed by atoms with Gasteiger partial charge in [0.15, 0.2) is 0 Å². The Bertz CT molecular complexity index is 792. The van der Waals surface area contributed by atoms with Crippen LogP contribution in [0.25, 0.3) is 0 Å². The number of ether oxygens (including phenoxy) is 1. The second kappa shape index (κ2) is 7.26. The van der Waals surface area contributed by atoms with Crippen LogP contribution in [0.2, 0.25) is 5.02 Å². The highest BCUT2D eigenvalue weighted by Crippen LogP contribution is 2.31. The summed E-state index contributed by atoms with van der Waals surface area (Å²) in [5.41, 5.74) is 3.36. The number of benzene rings is 1. The molecule has 0 saturated carbocycles. The Morgan fingerprint density at radius 3 is 2.86 bits per heavy atom. The summed E-state index contributed by atoms with van der Waals surface area (Å²) in [4.78, 5) is 11.7. The number of hydrogen-bond acceptors (Lipinski definition) is 5. The molecule has 0 spiro atoms. The summed E-state index contributed by atoms with van der Waals surface area (Å²) in [5, 5.41) is 7.96. The Balaban J connectivity index is 2.27. The lowest BCUT2D eigenvalue weighted by molar-refractivity contribution is 0.411. The second-order valence-electron chi connectivity index (χ2n) is 4.18. The Morgan fingerprint density at radius 2 is 2.18 bits per heavy atom. The quantitative estimate of drug-likeness (QED) is 0.573. The third-order valence-electron chi connectivity index (χ3n) is 2.71. The zero-order valence-electron chi connectivity index (χ0n) is 11.6. The second-order valence-corrected chi connectivity index (χ2v) is 6.33. The first-order chi connectivity index (χ1) is 10.4. The number of hydrazone groups is 1. The molecule has 0 aliphatic carbocycles. The molecule has 2 rings (SSSR count). The van der Waals surface area contributed by atoms with Gasteiger partial charge < -0.3 is 4.74 Å². The first kappa shape index (κ1) is 17.0. The Morgan fingerprint density at radius 1 is 1.45 bits per heavy atom. The van der Waals surface area contributed by atoms with Gasteiger partial charge in [-0.15, -0.1) is 0 Å². The lowest BCUT2D eigenvalue weighted by atomic mass is 10.2. The van der Waals surface area contributed by atoms with E-state index in [0.29, 0.717) is 11.4 Å². The topological polar surface area (TPSA) is 68.5 Å². The number of halogens is 3. The maximum absolute atomic E-state index is 11.7. The number of rotatable bonds is 4. The fourth-order valence-electron chi connectivity index (χ4n) is 1.65. The normalized spacial score (nSPS) is 11.0. The van der Waals surface area contributed by atoms with E-state index in [-0.39, 0.29) is 5.02 Å². The van der Waals surface area contributed by atoms with E-state index in [4.69, 9.17) is 16.3 Å². The summed E-state index contributed by atoms with van der Waals surface area (Å²) < 4.78 is 8.12. The van der Waals surface area contributed by atoms with Gasteiger partial charge >= 0.3 is 0 Å². The average Bonchev–Trinajstić information content (AvgIpc) is 2.47. The van der Waals surface area contributed by atoms with Gasteiger partial charge in [-0.1, -0.05) is 27.5 Å². The Labute approximate surface area is 148 Å². The van der Waals surface area contributed by atoms with Crippen LogP contribution in [-0.2, 0) is 7.05 Å². The van der Waals surface area contributed by atoms with Crippen molar-refractivity contribution in [1.29, 1.82) is 0 Å². The molecule has 0 bridgehead atoms. The van der Waals surface area contributed by atoms with Crippen LogP contribution in [-0.4, -0.2) is 23.1 Å². The molecule has 0 atom stereocenters. The van der Waals surface area contributed by atoms with Crippen LogP contribution in [0.3, 0.4) is 0 Å². The number of aryl methyl sites for hydroxylation is 1. The third kappa shape index (κ3) is 3.68. The predicted octanol–water partition coefficient (Wildman–Crippen LogP) is 3.41. The predicted molar refractivity (Wildman–Crippen MR) is 94.1 cm³/mol. The molecule has 9 heteroatoms. The molecule has 0 fully saturated rings. The summed E-state index contributed by atoms with van der Waals surface area (Å²) in [6.45, 7) is 0. The third-order valence-corrected chi connectivity index (χ3v) is 4.12. The summed E-state index contributed by atoms with van der Waals surface area (Å²) in [6, 6.07) is 3.71. The molecule has 1 N–H and O–H groups in total. The van der Waals surface area contributed by atoms with Crippen LogP contribution in [0.15, 0.2) is 37.2 Å². The van der Waals surface area contributed by atoms with Crippen LogP contribution in [0, 0.1) is 0 Å². The van der Waals surface area contributed by atoms with Gasteiger partial charge in [-0.3, -0.25) is 10.2 Å². The molecule has 116 valence electrons. The molecule has 0 saturated heterocycles. The summed E-state index contributed by atoms with van der Waals surface area (Å²) in [6.07, 6.45) is 2.98. The van der Waals surface area contributed by atoms with Crippen molar-refractivity contribution in [2.24, 2.45) is 12.1 Å². The van der Waals surface area contributed by atoms with E-state index in [1.165, 1.54) is 13.2 Å². The lowest BCUT2D eigenvalue weighted by Crippen LogP contribution is -2.20. The van der Waals surface area contributed by atoms with E-state index in [9.17, 15) is 4.79 Å². The Hall–Kier alpha value is -1.38. The minimum Gasteiger partial charge on any atom is -0.495 e. The van der Waals surface area contributed by atoms with Crippen molar-refractivity contribution >= 4 is 55.4 Å². The van der Waals surface area contributed by atoms with Crippen molar-refractivity contribution in [3.8, 4) is 5.75 Å². The molecule has 1 heterocycles. The largest absolute Gasteiger partial charge is 0.495 e. The number of methoxy groups -OCH3 is 1. The van der Waals surface area contributed by atoms with E-state index in [1.807, 2.05) is 12.1 Å². The standard InChI is InChI=1S/C13H11Br2ClN4O2/c1-20-13(21)11(16)10(6-18-20)19-17-5-7-3-8(14)4-9(15)12(7)22-2/h3-6,19H,1-2H3/b17-5-. The number of hydrogen-bond donors (Lipinski definition) is 1. The maximum atomic E-state index is 11.7. The summed E-state index contributed by atoms with van der Waals surface area (Å²) in [7, 11) is 3.09. The van der Waals surface area contributed by atoms with Crippen molar-refractivity contribution in [1.82, 2.24) is 9.78 Å². The molecule has 6 nitrogen and oxygen atoms in total. The van der Waals surface area contributed by atoms with Gasteiger partial charge in [0.2, 0.25) is 0 Å². The van der Waals surface area contributed by atoms with Crippen molar-refractivity contribution in [2.45, 2.75) is 0 Å². The van der Waals surface area contributed by atoms with E-state index in [0.717, 1.165) is 19.2 Å². The zero-order valence-corrected chi connectivity index (χ0v) is 15.5. The first-order valence-electron chi connectivity index (χ1n) is 5.98. The van der Waals surface area contributed by atoms with Gasteiger partial charge in [0.05, 0.1) is 24.0 Å². The first-order valence-corrected chi connectivity index (χ1v) is 7.94. The van der Waals surface area contributed by atoms with E-state index < -0.39 is 5.56 Å². The average molecular weight is 451 g/mol. The maximum Gasteiger partial charge on any atom is 0.287 e. The number of nitrogens with one attached hydrogen (secondary N) is 1. The van der Waals surface area contributed by atoms with Gasteiger partial charge in [-0.25, -0.2) is 4.68 Å². The van der Waals surface area contributed by atoms with Gasteiger partial charge in [-0.2, -0.15) is 10.2 Å². The molecule has 22 heavy (non-hydrogen) atoms. The molecular weight excluding hydrogens is 439 g/mol. The van der Waals surface area contributed by atoms with Crippen molar-refractivity contribution in [3.05, 3.63) is 48.2 Å². The fourth-order valence-corrected chi connectivity index (χ4v) is 3.29. The van der Waals surface area contributed by atoms with Gasteiger partial charge in [0.25, 0.3) is 5.56 Å². The lowest BCUT2D eigenvalue weighted by Gasteiger charge is -2.08. The fraction of sp³-hybridized carbons (Fsp3) is 0.154. The molecule has 0 aliphatic heterocycles. The van der Waals surface area contributed by atoms with Crippen molar-refractivity contribution in [3.63, 3.8) is 0 Å². The molecule has 0 amide bonds. The molecule has 0 aliphatic rings. The van der Waals surface area contributed by atoms with Gasteiger partial charge in [0.1, 0.15) is 16.5 Å². The number of nitrogens with zero attached hydrogens (tertiary/aromatic N) is 3. The molecular formula is C13H11Br2ClN4O2. The van der Waals surface area contributed by atoms with E-state index in [1.54, 1.807) is 13.3 Å². The monoisotopic (exact) mass is 448 g/mol. The summed E-state index contributed by atoms with van der Waals surface area (Å²) in [5.74, 6) is 0.641. The van der Waals surface area contributed by atoms with Crippen LogP contribution in [0.1, 0.15) is 5.56 Å². The summed E-state index contributed by atoms with van der Waals surface area (Å²) >= 11 is 12.8. The van der Waals surface area contributed by atoms with Gasteiger partial charge in [0, 0.05) is 17.1 Å². The van der Waals surface area contributed by atoms with Crippen LogP contribution in [0.5, 0.6) is 5.75 Å².